The molecule has 0 fully saturated rings. The number of nitro benzene ring substituents is 1. The van der Waals surface area contributed by atoms with Crippen molar-refractivity contribution in [1.29, 1.82) is 0 Å². The number of ketones is 1. The predicted molar refractivity (Wildman–Crippen MR) is 134 cm³/mol. The van der Waals surface area contributed by atoms with Crippen molar-refractivity contribution in [1.82, 2.24) is 10.3 Å². The maximum absolute atomic E-state index is 13.2. The summed E-state index contributed by atoms with van der Waals surface area (Å²) in [7, 11) is 0. The number of amides is 3. The van der Waals surface area contributed by atoms with E-state index >= 15 is 0 Å². The summed E-state index contributed by atoms with van der Waals surface area (Å²) in [6.07, 6.45) is 0.430. The maximum Gasteiger partial charge on any atom is 0.288 e. The van der Waals surface area contributed by atoms with E-state index in [0.717, 1.165) is 17.7 Å². The number of hydrogen-bond donors (Lipinski definition) is 1. The van der Waals surface area contributed by atoms with Gasteiger partial charge < -0.3 is 5.32 Å². The minimum atomic E-state index is -1.63. The normalized spacial score (nSPS) is 14.7. The monoisotopic (exact) mass is 518 g/mol. The zero-order valence-electron chi connectivity index (χ0n) is 19.2. The van der Waals surface area contributed by atoms with Gasteiger partial charge in [-0.05, 0) is 41.8 Å². The quantitative estimate of drug-likeness (QED) is 0.160. The van der Waals surface area contributed by atoms with Crippen LogP contribution in [0, 0.1) is 16.0 Å². The van der Waals surface area contributed by atoms with E-state index in [2.05, 4.69) is 10.4 Å². The molecule has 186 valence electrons. The van der Waals surface area contributed by atoms with Crippen molar-refractivity contribution in [3.8, 4) is 0 Å². The molecule has 0 spiro atoms. The first-order valence-corrected chi connectivity index (χ1v) is 11.5. The molecule has 1 aliphatic heterocycles. The van der Waals surface area contributed by atoms with E-state index in [-0.39, 0.29) is 23.5 Å². The fourth-order valence-corrected chi connectivity index (χ4v) is 3.83. The molecule has 1 aliphatic rings. The van der Waals surface area contributed by atoms with Crippen LogP contribution in [0.1, 0.15) is 21.5 Å². The molecule has 0 saturated carbocycles. The summed E-state index contributed by atoms with van der Waals surface area (Å²) in [6, 6.07) is 19.9. The number of carbonyl (C=O) groups excluding carboxylic acids is 4. The maximum atomic E-state index is 13.2. The summed E-state index contributed by atoms with van der Waals surface area (Å²) in [5, 5.41) is 18.6. The second-order valence-corrected chi connectivity index (χ2v) is 8.48. The van der Waals surface area contributed by atoms with E-state index < -0.39 is 34.3 Å². The van der Waals surface area contributed by atoms with Gasteiger partial charge in [-0.3, -0.25) is 29.3 Å². The summed E-state index contributed by atoms with van der Waals surface area (Å²) in [6.45, 7) is 0.135. The number of rotatable bonds is 8. The second-order valence-electron chi connectivity index (χ2n) is 8.04. The summed E-state index contributed by atoms with van der Waals surface area (Å²) >= 11 is 5.87. The molecule has 0 radical (unpaired) electrons. The molecule has 0 saturated heterocycles. The number of imide groups is 1. The number of hydrazone groups is 1. The summed E-state index contributed by atoms with van der Waals surface area (Å²) in [5.74, 6) is -5.53. The van der Waals surface area contributed by atoms with E-state index in [1.807, 2.05) is 0 Å². The molecule has 1 heterocycles. The van der Waals surface area contributed by atoms with Crippen LogP contribution in [0.4, 0.5) is 5.69 Å². The van der Waals surface area contributed by atoms with E-state index in [4.69, 9.17) is 11.6 Å². The fraction of sp³-hybridized carbons (Fsp3) is 0.115. The molecule has 3 aromatic carbocycles. The molecule has 1 N–H and O–H groups in total. The van der Waals surface area contributed by atoms with Gasteiger partial charge in [0.05, 0.1) is 10.6 Å². The zero-order valence-corrected chi connectivity index (χ0v) is 19.9. The first kappa shape index (κ1) is 25.4. The Kier molecular flexibility index (Phi) is 7.49. The lowest BCUT2D eigenvalue weighted by atomic mass is 9.92. The number of hydrogen-bond acceptors (Lipinski definition) is 7. The Bertz CT molecular complexity index is 1410. The first-order valence-electron chi connectivity index (χ1n) is 11.1. The first-order chi connectivity index (χ1) is 17.8. The smallest absolute Gasteiger partial charge is 0.288 e. The van der Waals surface area contributed by atoms with Crippen LogP contribution >= 0.6 is 11.6 Å². The molecule has 4 rings (SSSR count). The van der Waals surface area contributed by atoms with Crippen molar-refractivity contribution >= 4 is 46.5 Å². The largest absolute Gasteiger partial charge is 0.349 e. The SMILES string of the molecule is O=C(NCCc1ccc(Cl)cc1)C(=O)C1C(=O)N(C(=O)c2ccc([N+](=O)[O-])cc2)N=C1c1ccccc1. The topological polar surface area (TPSA) is 139 Å². The second kappa shape index (κ2) is 10.9. The molecule has 11 heteroatoms. The highest BCUT2D eigenvalue weighted by molar-refractivity contribution is 6.48. The molecule has 10 nitrogen and oxygen atoms in total. The van der Waals surface area contributed by atoms with Gasteiger partial charge in [-0.25, -0.2) is 0 Å². The van der Waals surface area contributed by atoms with Crippen LogP contribution in [0.2, 0.25) is 5.02 Å². The van der Waals surface area contributed by atoms with Gasteiger partial charge in [0, 0.05) is 29.3 Å². The standard InChI is InChI=1S/C26H19ClN4O6/c27-19-10-6-16(7-11-19)14-15-28-24(33)23(32)21-22(17-4-2-1-3-5-17)29-30(26(21)35)25(34)18-8-12-20(13-9-18)31(36)37/h1-13,21H,14-15H2,(H,28,33). The van der Waals surface area contributed by atoms with Gasteiger partial charge in [-0.1, -0.05) is 54.1 Å². The van der Waals surface area contributed by atoms with Crippen molar-refractivity contribution in [3.05, 3.63) is 111 Å². The fourth-order valence-electron chi connectivity index (χ4n) is 3.71. The molecule has 3 aromatic rings. The van der Waals surface area contributed by atoms with Gasteiger partial charge in [-0.15, -0.1) is 0 Å². The molecule has 0 aromatic heterocycles. The number of benzene rings is 3. The number of non-ortho nitro benzene ring substituents is 1. The van der Waals surface area contributed by atoms with Crippen LogP contribution in [0.25, 0.3) is 0 Å². The van der Waals surface area contributed by atoms with E-state index in [1.165, 1.54) is 12.1 Å². The average Bonchev–Trinajstić information content (AvgIpc) is 3.26. The molecule has 0 aliphatic carbocycles. The number of halogens is 1. The highest BCUT2D eigenvalue weighted by Gasteiger charge is 2.46. The van der Waals surface area contributed by atoms with E-state index in [1.54, 1.807) is 54.6 Å². The Hall–Kier alpha value is -4.70. The van der Waals surface area contributed by atoms with Gasteiger partial charge >= 0.3 is 0 Å². The van der Waals surface area contributed by atoms with E-state index in [9.17, 15) is 29.3 Å². The Morgan fingerprint density at radius 3 is 2.24 bits per heavy atom. The minimum absolute atomic E-state index is 0.0429. The highest BCUT2D eigenvalue weighted by Crippen LogP contribution is 2.25. The number of Topliss-reactive ketones (excluding diaryl/α,β-unsaturated/α-hetero) is 1. The van der Waals surface area contributed by atoms with Crippen LogP contribution in [0.3, 0.4) is 0 Å². The summed E-state index contributed by atoms with van der Waals surface area (Å²) in [5.41, 5.74) is 0.957. The van der Waals surface area contributed by atoms with Crippen molar-refractivity contribution in [2.45, 2.75) is 6.42 Å². The van der Waals surface area contributed by atoms with Crippen LogP contribution in [-0.4, -0.2) is 45.7 Å². The highest BCUT2D eigenvalue weighted by atomic mass is 35.5. The molecule has 1 atom stereocenters. The molecule has 1 unspecified atom stereocenters. The molecule has 37 heavy (non-hydrogen) atoms. The third kappa shape index (κ3) is 5.60. The molecular formula is C26H19ClN4O6. The van der Waals surface area contributed by atoms with Gasteiger partial charge in [-0.2, -0.15) is 10.1 Å². The molecule has 0 bridgehead atoms. The lowest BCUT2D eigenvalue weighted by molar-refractivity contribution is -0.384. The van der Waals surface area contributed by atoms with Gasteiger partial charge in [0.15, 0.2) is 5.92 Å². The van der Waals surface area contributed by atoms with Gasteiger partial charge in [0.1, 0.15) is 0 Å². The number of nitrogens with one attached hydrogen (secondary N) is 1. The predicted octanol–water partition coefficient (Wildman–Crippen LogP) is 3.18. The zero-order chi connectivity index (χ0) is 26.5. The Balaban J connectivity index is 1.54. The average molecular weight is 519 g/mol. The number of nitrogens with zero attached hydrogens (tertiary/aromatic N) is 3. The van der Waals surface area contributed by atoms with Crippen molar-refractivity contribution in [2.24, 2.45) is 11.0 Å². The van der Waals surface area contributed by atoms with Crippen LogP contribution in [-0.2, 0) is 20.8 Å². The summed E-state index contributed by atoms with van der Waals surface area (Å²) < 4.78 is 0. The third-order valence-electron chi connectivity index (χ3n) is 5.62. The van der Waals surface area contributed by atoms with Crippen LogP contribution < -0.4 is 5.32 Å². The van der Waals surface area contributed by atoms with Crippen LogP contribution in [0.5, 0.6) is 0 Å². The van der Waals surface area contributed by atoms with Crippen molar-refractivity contribution in [2.75, 3.05) is 6.54 Å². The lowest BCUT2D eigenvalue weighted by Gasteiger charge is -2.13. The Morgan fingerprint density at radius 2 is 1.62 bits per heavy atom. The van der Waals surface area contributed by atoms with Gasteiger partial charge in [0.25, 0.3) is 23.4 Å². The third-order valence-corrected chi connectivity index (χ3v) is 5.87. The minimum Gasteiger partial charge on any atom is -0.349 e. The van der Waals surface area contributed by atoms with Crippen molar-refractivity contribution in [3.63, 3.8) is 0 Å². The lowest BCUT2D eigenvalue weighted by Crippen LogP contribution is -2.43. The number of nitro groups is 1. The number of carbonyl (C=O) groups is 4. The summed E-state index contributed by atoms with van der Waals surface area (Å²) in [4.78, 5) is 62.3. The van der Waals surface area contributed by atoms with Crippen molar-refractivity contribution < 1.29 is 24.1 Å². The van der Waals surface area contributed by atoms with Gasteiger partial charge in [0.2, 0.25) is 5.78 Å². The Labute approximate surface area is 215 Å². The van der Waals surface area contributed by atoms with Crippen LogP contribution in [0.15, 0.2) is 84.0 Å². The van der Waals surface area contributed by atoms with E-state index in [0.29, 0.717) is 22.0 Å². The molecular weight excluding hydrogens is 500 g/mol. The Morgan fingerprint density at radius 1 is 0.973 bits per heavy atom. The molecule has 3 amide bonds.